The lowest BCUT2D eigenvalue weighted by Gasteiger charge is -2.71. The number of carboxylic acids is 1. The molecular formula is C30H48O4. The lowest BCUT2D eigenvalue weighted by atomic mass is 9.33. The summed E-state index contributed by atoms with van der Waals surface area (Å²) in [6.45, 7) is 16.4. The Labute approximate surface area is 206 Å². The predicted molar refractivity (Wildman–Crippen MR) is 134 cm³/mol. The number of aliphatic hydroxyl groups excluding tert-OH is 2. The molecular weight excluding hydrogens is 424 g/mol. The summed E-state index contributed by atoms with van der Waals surface area (Å²) in [5.74, 6) is 0.167. The molecule has 0 bridgehead atoms. The fraction of sp³-hybridized carbons (Fsp3) is 0.900. The summed E-state index contributed by atoms with van der Waals surface area (Å²) in [5, 5.41) is 32.7. The van der Waals surface area contributed by atoms with Crippen LogP contribution in [0.25, 0.3) is 0 Å². The highest BCUT2D eigenvalue weighted by Crippen LogP contribution is 2.75. The van der Waals surface area contributed by atoms with E-state index in [1.54, 1.807) is 0 Å². The molecule has 0 amide bonds. The molecule has 4 nitrogen and oxygen atoms in total. The minimum absolute atomic E-state index is 0.0408. The molecule has 0 aromatic heterocycles. The van der Waals surface area contributed by atoms with Gasteiger partial charge < -0.3 is 15.3 Å². The van der Waals surface area contributed by atoms with Gasteiger partial charge in [0.2, 0.25) is 0 Å². The predicted octanol–water partition coefficient (Wildman–Crippen LogP) is 6.20. The molecule has 0 aliphatic heterocycles. The third-order valence-electron chi connectivity index (χ3n) is 13.0. The van der Waals surface area contributed by atoms with Gasteiger partial charge in [-0.15, -0.1) is 0 Å². The largest absolute Gasteiger partial charge is 0.481 e. The number of hydrogen-bond acceptors (Lipinski definition) is 3. The van der Waals surface area contributed by atoms with Crippen LogP contribution in [0.15, 0.2) is 11.6 Å². The number of aliphatic hydroxyl groups is 2. The summed E-state index contributed by atoms with van der Waals surface area (Å²) in [6, 6.07) is 0. The van der Waals surface area contributed by atoms with Crippen molar-refractivity contribution in [1.82, 2.24) is 0 Å². The van der Waals surface area contributed by atoms with Crippen LogP contribution < -0.4 is 0 Å². The average Bonchev–Trinajstić information content (AvgIpc) is 2.70. The molecule has 0 aromatic carbocycles. The monoisotopic (exact) mass is 472 g/mol. The summed E-state index contributed by atoms with van der Waals surface area (Å²) >= 11 is 0. The minimum atomic E-state index is -1.04. The molecule has 4 heteroatoms. The van der Waals surface area contributed by atoms with Gasteiger partial charge in [0.25, 0.3) is 0 Å². The van der Waals surface area contributed by atoms with Crippen molar-refractivity contribution in [2.75, 3.05) is 0 Å². The van der Waals surface area contributed by atoms with Crippen LogP contribution in [0.2, 0.25) is 0 Å². The van der Waals surface area contributed by atoms with E-state index in [4.69, 9.17) is 0 Å². The molecule has 0 aromatic rings. The van der Waals surface area contributed by atoms with Gasteiger partial charge in [-0.2, -0.15) is 0 Å². The molecule has 0 spiro atoms. The molecule has 0 heterocycles. The Bertz CT molecular complexity index is 919. The van der Waals surface area contributed by atoms with Crippen LogP contribution >= 0.6 is 0 Å². The third kappa shape index (κ3) is 2.82. The van der Waals surface area contributed by atoms with Gasteiger partial charge in [0.05, 0.1) is 12.2 Å². The summed E-state index contributed by atoms with van der Waals surface area (Å²) in [6.07, 6.45) is 9.51. The van der Waals surface area contributed by atoms with Crippen LogP contribution in [0.4, 0.5) is 0 Å². The molecule has 192 valence electrons. The van der Waals surface area contributed by atoms with Crippen molar-refractivity contribution in [2.24, 2.45) is 50.2 Å². The summed E-state index contributed by atoms with van der Waals surface area (Å²) in [7, 11) is 0. The second-order valence-corrected chi connectivity index (χ2v) is 15.2. The molecule has 0 unspecified atom stereocenters. The van der Waals surface area contributed by atoms with E-state index in [1.807, 2.05) is 0 Å². The molecule has 0 saturated heterocycles. The topological polar surface area (TPSA) is 77.8 Å². The van der Waals surface area contributed by atoms with E-state index in [1.165, 1.54) is 5.57 Å². The maximum atomic E-state index is 12.8. The van der Waals surface area contributed by atoms with E-state index in [2.05, 4.69) is 54.5 Å². The van der Waals surface area contributed by atoms with Crippen molar-refractivity contribution in [3.8, 4) is 0 Å². The van der Waals surface area contributed by atoms with Gasteiger partial charge in [-0.05, 0) is 103 Å². The first kappa shape index (κ1) is 24.8. The van der Waals surface area contributed by atoms with E-state index >= 15 is 0 Å². The molecule has 4 saturated carbocycles. The Balaban J connectivity index is 1.61. The van der Waals surface area contributed by atoms with Crippen LogP contribution in [0.5, 0.6) is 0 Å². The highest BCUT2D eigenvalue weighted by atomic mass is 16.4. The van der Waals surface area contributed by atoms with E-state index in [9.17, 15) is 20.1 Å². The average molecular weight is 473 g/mol. The van der Waals surface area contributed by atoms with Crippen molar-refractivity contribution < 1.29 is 20.1 Å². The van der Waals surface area contributed by atoms with Crippen molar-refractivity contribution in [1.29, 1.82) is 0 Å². The fourth-order valence-electron chi connectivity index (χ4n) is 10.8. The number of allylic oxidation sites excluding steroid dienone is 2. The SMILES string of the molecule is CC1(C)C[C@H](O)[C@]2(C(=O)O)CC[C@]3(C)C(=CC[C@@H]4[C@@]5(C)CC[C@H](O)C(C)(C)[C@@H]5CC[C@]43C)[C@@H]2C1. The highest BCUT2D eigenvalue weighted by molar-refractivity contribution is 5.77. The molecule has 0 radical (unpaired) electrons. The molecule has 5 aliphatic carbocycles. The van der Waals surface area contributed by atoms with Crippen LogP contribution in [-0.4, -0.2) is 33.5 Å². The Hall–Kier alpha value is -0.870. The van der Waals surface area contributed by atoms with E-state index in [-0.39, 0.29) is 39.1 Å². The standard InChI is InChI=1S/C30H48O4/c1-25(2)16-19-18-8-9-21-27(5)12-11-22(31)26(3,4)20(27)10-13-29(21,7)28(18,6)14-15-30(19,24(33)34)23(32)17-25/h8,19-23,31-32H,9-17H2,1-7H3,(H,33,34)/t19-,20-,21+,22-,23-,27-,28+,29+,30-/m0/s1. The lowest BCUT2D eigenvalue weighted by molar-refractivity contribution is -0.212. The number of aliphatic carboxylic acids is 1. The Morgan fingerprint density at radius 2 is 1.53 bits per heavy atom. The summed E-state index contributed by atoms with van der Waals surface area (Å²) in [4.78, 5) is 12.8. The number of carboxylic acid groups (broad SMARTS) is 1. The first-order chi connectivity index (χ1) is 15.6. The normalized spacial score (nSPS) is 53.4. The maximum Gasteiger partial charge on any atom is 0.312 e. The van der Waals surface area contributed by atoms with E-state index < -0.39 is 17.5 Å². The van der Waals surface area contributed by atoms with Crippen LogP contribution in [0.3, 0.4) is 0 Å². The Morgan fingerprint density at radius 1 is 0.853 bits per heavy atom. The first-order valence-electron chi connectivity index (χ1n) is 13.9. The zero-order chi connectivity index (χ0) is 25.1. The second kappa shape index (κ2) is 7.12. The van der Waals surface area contributed by atoms with Gasteiger partial charge in [-0.25, -0.2) is 0 Å². The van der Waals surface area contributed by atoms with Crippen molar-refractivity contribution in [2.45, 2.75) is 118 Å². The quantitative estimate of drug-likeness (QED) is 0.397. The summed E-state index contributed by atoms with van der Waals surface area (Å²) < 4.78 is 0. The van der Waals surface area contributed by atoms with Gasteiger partial charge >= 0.3 is 5.97 Å². The van der Waals surface area contributed by atoms with Crippen LogP contribution in [0.1, 0.15) is 106 Å². The molecule has 4 fully saturated rings. The van der Waals surface area contributed by atoms with Gasteiger partial charge in [0.15, 0.2) is 0 Å². The number of rotatable bonds is 1. The summed E-state index contributed by atoms with van der Waals surface area (Å²) in [5.41, 5.74) is 0.437. The van der Waals surface area contributed by atoms with Gasteiger partial charge in [0.1, 0.15) is 5.41 Å². The van der Waals surface area contributed by atoms with E-state index in [0.717, 1.165) is 44.9 Å². The molecule has 5 aliphatic rings. The third-order valence-corrected chi connectivity index (χ3v) is 13.0. The smallest absolute Gasteiger partial charge is 0.312 e. The van der Waals surface area contributed by atoms with Crippen molar-refractivity contribution in [3.63, 3.8) is 0 Å². The fourth-order valence-corrected chi connectivity index (χ4v) is 10.8. The number of carbonyl (C=O) groups is 1. The van der Waals surface area contributed by atoms with Gasteiger partial charge in [-0.3, -0.25) is 4.79 Å². The number of fused-ring (bicyclic) bond motifs is 7. The van der Waals surface area contributed by atoms with Crippen molar-refractivity contribution in [3.05, 3.63) is 11.6 Å². The Kier molecular flexibility index (Phi) is 5.20. The molecule has 3 N–H and O–H groups in total. The number of hydrogen-bond donors (Lipinski definition) is 3. The van der Waals surface area contributed by atoms with E-state index in [0.29, 0.717) is 24.7 Å². The molecule has 5 rings (SSSR count). The maximum absolute atomic E-state index is 12.8. The van der Waals surface area contributed by atoms with Gasteiger partial charge in [-0.1, -0.05) is 60.1 Å². The highest BCUT2D eigenvalue weighted by Gasteiger charge is 2.70. The second-order valence-electron chi connectivity index (χ2n) is 15.2. The van der Waals surface area contributed by atoms with Crippen LogP contribution in [-0.2, 0) is 4.79 Å². The molecule has 34 heavy (non-hydrogen) atoms. The van der Waals surface area contributed by atoms with Gasteiger partial charge in [0, 0.05) is 0 Å². The lowest BCUT2D eigenvalue weighted by Crippen LogP contribution is -2.66. The van der Waals surface area contributed by atoms with Crippen molar-refractivity contribution >= 4 is 5.97 Å². The Morgan fingerprint density at radius 3 is 2.18 bits per heavy atom. The first-order valence-corrected chi connectivity index (χ1v) is 13.9. The minimum Gasteiger partial charge on any atom is -0.481 e. The zero-order valence-electron chi connectivity index (χ0n) is 22.6. The molecule has 9 atom stereocenters. The zero-order valence-corrected chi connectivity index (χ0v) is 22.6. The van der Waals surface area contributed by atoms with Crippen LogP contribution in [0, 0.1) is 50.2 Å².